The van der Waals surface area contributed by atoms with Gasteiger partial charge in [-0.05, 0) is 23.8 Å². The van der Waals surface area contributed by atoms with Crippen molar-refractivity contribution in [3.05, 3.63) is 52.0 Å². The van der Waals surface area contributed by atoms with Crippen molar-refractivity contribution in [3.63, 3.8) is 0 Å². The summed E-state index contributed by atoms with van der Waals surface area (Å²) in [5.74, 6) is 0.796. The van der Waals surface area contributed by atoms with Crippen LogP contribution in [0.25, 0.3) is 0 Å². The Bertz CT molecular complexity index is 840. The Labute approximate surface area is 151 Å². The number of halogens is 2. The third-order valence-corrected chi connectivity index (χ3v) is 6.15. The molecule has 0 aliphatic heterocycles. The highest BCUT2D eigenvalue weighted by Crippen LogP contribution is 2.32. The van der Waals surface area contributed by atoms with Crippen molar-refractivity contribution in [1.29, 1.82) is 0 Å². The molecule has 24 heavy (non-hydrogen) atoms. The molecule has 0 spiro atoms. The van der Waals surface area contributed by atoms with Crippen molar-refractivity contribution in [2.75, 3.05) is 21.3 Å². The van der Waals surface area contributed by atoms with Gasteiger partial charge in [-0.1, -0.05) is 35.3 Å². The Hall–Kier alpha value is -1.47. The van der Waals surface area contributed by atoms with E-state index in [-0.39, 0.29) is 11.4 Å². The van der Waals surface area contributed by atoms with E-state index in [0.29, 0.717) is 27.1 Å². The van der Waals surface area contributed by atoms with Crippen molar-refractivity contribution in [1.82, 2.24) is 4.31 Å². The van der Waals surface area contributed by atoms with E-state index in [0.717, 1.165) is 0 Å². The fraction of sp³-hybridized carbons (Fsp3) is 0.250. The smallest absolute Gasteiger partial charge is 0.243 e. The molecule has 0 saturated carbocycles. The molecular weight excluding hydrogens is 373 g/mol. The first-order valence-corrected chi connectivity index (χ1v) is 9.12. The van der Waals surface area contributed by atoms with Gasteiger partial charge in [-0.2, -0.15) is 4.31 Å². The largest absolute Gasteiger partial charge is 0.493 e. The lowest BCUT2D eigenvalue weighted by Crippen LogP contribution is -2.26. The predicted molar refractivity (Wildman–Crippen MR) is 94.7 cm³/mol. The molecular formula is C16H17Cl2NO4S. The lowest BCUT2D eigenvalue weighted by Gasteiger charge is -2.19. The topological polar surface area (TPSA) is 55.8 Å². The van der Waals surface area contributed by atoms with Crippen molar-refractivity contribution < 1.29 is 17.9 Å². The van der Waals surface area contributed by atoms with E-state index < -0.39 is 10.0 Å². The van der Waals surface area contributed by atoms with Crippen LogP contribution in [0.15, 0.2) is 41.3 Å². The van der Waals surface area contributed by atoms with Gasteiger partial charge in [0.15, 0.2) is 11.5 Å². The maximum Gasteiger partial charge on any atom is 0.243 e. The van der Waals surface area contributed by atoms with Crippen molar-refractivity contribution in [2.45, 2.75) is 11.4 Å². The normalized spacial score (nSPS) is 11.6. The van der Waals surface area contributed by atoms with Crippen LogP contribution in [-0.4, -0.2) is 34.0 Å². The average molecular weight is 390 g/mol. The molecule has 0 amide bonds. The molecule has 0 aliphatic carbocycles. The number of rotatable bonds is 6. The van der Waals surface area contributed by atoms with Crippen LogP contribution in [-0.2, 0) is 16.6 Å². The van der Waals surface area contributed by atoms with E-state index in [4.69, 9.17) is 32.7 Å². The number of sulfonamides is 1. The summed E-state index contributed by atoms with van der Waals surface area (Å²) in [6.45, 7) is 0.0933. The Kier molecular flexibility index (Phi) is 5.98. The SMILES string of the molecule is COc1ccc(S(=O)(=O)N(C)Cc2cccc(Cl)c2Cl)cc1OC. The number of hydrogen-bond acceptors (Lipinski definition) is 4. The van der Waals surface area contributed by atoms with Gasteiger partial charge in [0.2, 0.25) is 10.0 Å². The monoisotopic (exact) mass is 389 g/mol. The second-order valence-corrected chi connectivity index (χ2v) is 7.82. The van der Waals surface area contributed by atoms with E-state index in [1.54, 1.807) is 24.3 Å². The zero-order valence-corrected chi connectivity index (χ0v) is 15.7. The summed E-state index contributed by atoms with van der Waals surface area (Å²) in [5.41, 5.74) is 0.621. The highest BCUT2D eigenvalue weighted by Gasteiger charge is 2.23. The first kappa shape index (κ1) is 18.9. The first-order valence-electron chi connectivity index (χ1n) is 6.92. The second-order valence-electron chi connectivity index (χ2n) is 4.99. The molecule has 0 saturated heterocycles. The maximum absolute atomic E-state index is 12.8. The molecule has 0 N–H and O–H groups in total. The first-order chi connectivity index (χ1) is 11.3. The summed E-state index contributed by atoms with van der Waals surface area (Å²) < 4.78 is 37.0. The lowest BCUT2D eigenvalue weighted by atomic mass is 10.2. The summed E-state index contributed by atoms with van der Waals surface area (Å²) >= 11 is 12.1. The van der Waals surface area contributed by atoms with Gasteiger partial charge >= 0.3 is 0 Å². The summed E-state index contributed by atoms with van der Waals surface area (Å²) in [6.07, 6.45) is 0. The molecule has 0 radical (unpaired) electrons. The van der Waals surface area contributed by atoms with Crippen LogP contribution in [0, 0.1) is 0 Å². The van der Waals surface area contributed by atoms with Crippen LogP contribution in [0.1, 0.15) is 5.56 Å². The van der Waals surface area contributed by atoms with Gasteiger partial charge in [0.1, 0.15) is 0 Å². The molecule has 130 valence electrons. The minimum atomic E-state index is -3.73. The molecule has 8 heteroatoms. The minimum absolute atomic E-state index is 0.0933. The molecule has 0 atom stereocenters. The molecule has 0 aromatic heterocycles. The van der Waals surface area contributed by atoms with E-state index >= 15 is 0 Å². The lowest BCUT2D eigenvalue weighted by molar-refractivity contribution is 0.353. The summed E-state index contributed by atoms with van der Waals surface area (Å²) in [7, 11) is 0.681. The van der Waals surface area contributed by atoms with Crippen LogP contribution in [0.4, 0.5) is 0 Å². The van der Waals surface area contributed by atoms with E-state index in [1.807, 2.05) is 0 Å². The Balaban J connectivity index is 2.34. The highest BCUT2D eigenvalue weighted by atomic mass is 35.5. The fourth-order valence-electron chi connectivity index (χ4n) is 2.15. The van der Waals surface area contributed by atoms with Crippen LogP contribution < -0.4 is 9.47 Å². The number of ether oxygens (including phenoxy) is 2. The van der Waals surface area contributed by atoms with Crippen LogP contribution in [0.3, 0.4) is 0 Å². The van der Waals surface area contributed by atoms with Gasteiger partial charge in [0, 0.05) is 19.7 Å². The quantitative estimate of drug-likeness (QED) is 0.752. The Morgan fingerprint density at radius 1 is 1.04 bits per heavy atom. The van der Waals surface area contributed by atoms with Crippen molar-refractivity contribution in [3.8, 4) is 11.5 Å². The minimum Gasteiger partial charge on any atom is -0.493 e. The van der Waals surface area contributed by atoms with Gasteiger partial charge in [-0.25, -0.2) is 8.42 Å². The third kappa shape index (κ3) is 3.78. The van der Waals surface area contributed by atoms with Crippen LogP contribution >= 0.6 is 23.2 Å². The number of benzene rings is 2. The molecule has 0 fully saturated rings. The van der Waals surface area contributed by atoms with Crippen molar-refractivity contribution in [2.24, 2.45) is 0 Å². The second kappa shape index (κ2) is 7.61. The van der Waals surface area contributed by atoms with E-state index in [9.17, 15) is 8.42 Å². The Morgan fingerprint density at radius 3 is 2.33 bits per heavy atom. The molecule has 0 unspecified atom stereocenters. The number of methoxy groups -OCH3 is 2. The Morgan fingerprint density at radius 2 is 1.71 bits per heavy atom. The molecule has 0 bridgehead atoms. The van der Waals surface area contributed by atoms with Gasteiger partial charge in [-0.15, -0.1) is 0 Å². The zero-order chi connectivity index (χ0) is 17.9. The van der Waals surface area contributed by atoms with Gasteiger partial charge in [0.05, 0.1) is 29.2 Å². The molecule has 5 nitrogen and oxygen atoms in total. The van der Waals surface area contributed by atoms with Crippen molar-refractivity contribution >= 4 is 33.2 Å². The van der Waals surface area contributed by atoms with Gasteiger partial charge in [-0.3, -0.25) is 0 Å². The molecule has 0 heterocycles. The summed E-state index contributed by atoms with van der Waals surface area (Å²) in [4.78, 5) is 0.0980. The summed E-state index contributed by atoms with van der Waals surface area (Å²) in [6, 6.07) is 9.54. The highest BCUT2D eigenvalue weighted by molar-refractivity contribution is 7.89. The molecule has 2 aromatic rings. The predicted octanol–water partition coefficient (Wildman–Crippen LogP) is 3.83. The standard InChI is InChI=1S/C16H17Cl2NO4S/c1-19(10-11-5-4-6-13(17)16(11)18)24(20,21)12-7-8-14(22-2)15(9-12)23-3/h4-9H,10H2,1-3H3. The zero-order valence-electron chi connectivity index (χ0n) is 13.4. The molecule has 0 aliphatic rings. The fourth-order valence-corrected chi connectivity index (χ4v) is 3.70. The van der Waals surface area contributed by atoms with E-state index in [1.165, 1.54) is 37.7 Å². The average Bonchev–Trinajstić information content (AvgIpc) is 2.58. The van der Waals surface area contributed by atoms with Gasteiger partial charge < -0.3 is 9.47 Å². The number of nitrogens with zero attached hydrogens (tertiary/aromatic N) is 1. The molecule has 2 rings (SSSR count). The van der Waals surface area contributed by atoms with E-state index in [2.05, 4.69) is 0 Å². The summed E-state index contributed by atoms with van der Waals surface area (Å²) in [5, 5.41) is 0.722. The maximum atomic E-state index is 12.8. The van der Waals surface area contributed by atoms with Crippen LogP contribution in [0.5, 0.6) is 11.5 Å². The third-order valence-electron chi connectivity index (χ3n) is 3.49. The van der Waals surface area contributed by atoms with Crippen LogP contribution in [0.2, 0.25) is 10.0 Å². The number of hydrogen-bond donors (Lipinski definition) is 0. The molecule has 2 aromatic carbocycles. The van der Waals surface area contributed by atoms with Gasteiger partial charge in [0.25, 0.3) is 0 Å².